The number of ketones is 1. The van der Waals surface area contributed by atoms with Gasteiger partial charge in [-0.05, 0) is 26.8 Å². The molecule has 1 aliphatic rings. The highest BCUT2D eigenvalue weighted by Crippen LogP contribution is 2.12. The maximum Gasteiger partial charge on any atom is 0.152 e. The van der Waals surface area contributed by atoms with Gasteiger partial charge in [0.05, 0.1) is 12.2 Å². The maximum atomic E-state index is 10.6. The van der Waals surface area contributed by atoms with E-state index in [2.05, 4.69) is 18.7 Å². The van der Waals surface area contributed by atoms with Gasteiger partial charge in [-0.15, -0.1) is 0 Å². The smallest absolute Gasteiger partial charge is 0.152 e. The first-order valence-electron chi connectivity index (χ1n) is 5.13. The van der Waals surface area contributed by atoms with Crippen molar-refractivity contribution in [1.29, 1.82) is 0 Å². The van der Waals surface area contributed by atoms with E-state index in [4.69, 9.17) is 4.74 Å². The van der Waals surface area contributed by atoms with Crippen molar-refractivity contribution < 1.29 is 9.53 Å². The Labute approximate surface area is 85.7 Å². The number of hydrogen-bond donors (Lipinski definition) is 0. The van der Waals surface area contributed by atoms with E-state index >= 15 is 0 Å². The van der Waals surface area contributed by atoms with Crippen molar-refractivity contribution in [3.8, 4) is 0 Å². The Kier molecular flexibility index (Phi) is 4.29. The number of carbonyl (C=O) groups excluding carboxylic acids is 1. The molecule has 0 aromatic rings. The third-order valence-electron chi connectivity index (χ3n) is 2.10. The zero-order chi connectivity index (χ0) is 10.6. The Hall–Kier alpha value is -0.670. The van der Waals surface area contributed by atoms with E-state index in [-0.39, 0.29) is 5.78 Å². The van der Waals surface area contributed by atoms with Crippen molar-refractivity contribution in [2.24, 2.45) is 0 Å². The molecule has 3 nitrogen and oxygen atoms in total. The van der Waals surface area contributed by atoms with Crippen molar-refractivity contribution >= 4 is 5.78 Å². The summed E-state index contributed by atoms with van der Waals surface area (Å²) < 4.78 is 5.61. The molecule has 1 aliphatic heterocycles. The van der Waals surface area contributed by atoms with Crippen LogP contribution in [0.1, 0.15) is 20.8 Å². The molecule has 3 heteroatoms. The highest BCUT2D eigenvalue weighted by atomic mass is 16.5. The summed E-state index contributed by atoms with van der Waals surface area (Å²) in [5.74, 6) is 0.112. The number of allylic oxidation sites excluding steroid dienone is 1. The van der Waals surface area contributed by atoms with Crippen LogP contribution in [0.4, 0.5) is 0 Å². The highest BCUT2D eigenvalue weighted by molar-refractivity contribution is 5.87. The minimum atomic E-state index is 0.112. The molecular weight excluding hydrogens is 178 g/mol. The third kappa shape index (κ3) is 4.03. The molecule has 0 aromatic heterocycles. The summed E-state index contributed by atoms with van der Waals surface area (Å²) in [4.78, 5) is 12.9. The minimum absolute atomic E-state index is 0.112. The van der Waals surface area contributed by atoms with Crippen molar-refractivity contribution in [3.63, 3.8) is 0 Å². The average Bonchev–Trinajstić information content (AvgIpc) is 1.98. The van der Waals surface area contributed by atoms with E-state index in [9.17, 15) is 4.79 Å². The molecule has 14 heavy (non-hydrogen) atoms. The molecule has 0 unspecified atom stereocenters. The predicted octanol–water partition coefficient (Wildman–Crippen LogP) is 1.24. The molecule has 80 valence electrons. The Morgan fingerprint density at radius 3 is 2.71 bits per heavy atom. The fourth-order valence-electron chi connectivity index (χ4n) is 1.51. The van der Waals surface area contributed by atoms with Crippen LogP contribution in [0.5, 0.6) is 0 Å². The summed E-state index contributed by atoms with van der Waals surface area (Å²) in [6, 6.07) is 0. The van der Waals surface area contributed by atoms with Gasteiger partial charge in [-0.2, -0.15) is 0 Å². The van der Waals surface area contributed by atoms with Gasteiger partial charge in [0.1, 0.15) is 0 Å². The molecule has 1 heterocycles. The zero-order valence-electron chi connectivity index (χ0n) is 9.19. The van der Waals surface area contributed by atoms with Crippen LogP contribution < -0.4 is 0 Å². The first-order valence-corrected chi connectivity index (χ1v) is 5.13. The fourth-order valence-corrected chi connectivity index (χ4v) is 1.51. The van der Waals surface area contributed by atoms with Gasteiger partial charge >= 0.3 is 0 Å². The van der Waals surface area contributed by atoms with Crippen molar-refractivity contribution in [1.82, 2.24) is 4.90 Å². The van der Waals surface area contributed by atoms with Crippen LogP contribution >= 0.6 is 0 Å². The number of ether oxygens (including phenoxy) is 1. The first-order chi connectivity index (χ1) is 6.58. The summed E-state index contributed by atoms with van der Waals surface area (Å²) in [7, 11) is 0. The van der Waals surface area contributed by atoms with Gasteiger partial charge in [-0.1, -0.05) is 6.08 Å². The van der Waals surface area contributed by atoms with E-state index in [1.165, 1.54) is 0 Å². The SMILES string of the molecule is CC(=O)/C=C/CN1CC(OC(C)C)C1. The van der Waals surface area contributed by atoms with Crippen LogP contribution in [0.15, 0.2) is 12.2 Å². The molecule has 0 bridgehead atoms. The molecule has 1 saturated heterocycles. The molecule has 0 saturated carbocycles. The van der Waals surface area contributed by atoms with Gasteiger partial charge in [-0.3, -0.25) is 9.69 Å². The van der Waals surface area contributed by atoms with Crippen LogP contribution in [0, 0.1) is 0 Å². The fraction of sp³-hybridized carbons (Fsp3) is 0.727. The molecule has 1 fully saturated rings. The summed E-state index contributed by atoms with van der Waals surface area (Å²) in [5, 5.41) is 0. The van der Waals surface area contributed by atoms with Gasteiger partial charge < -0.3 is 4.74 Å². The topological polar surface area (TPSA) is 29.5 Å². The lowest BCUT2D eigenvalue weighted by atomic mass is 10.1. The number of likely N-dealkylation sites (tertiary alicyclic amines) is 1. The lowest BCUT2D eigenvalue weighted by Crippen LogP contribution is -2.52. The van der Waals surface area contributed by atoms with Crippen molar-refractivity contribution in [2.45, 2.75) is 33.0 Å². The minimum Gasteiger partial charge on any atom is -0.373 e. The Bertz CT molecular complexity index is 217. The van der Waals surface area contributed by atoms with E-state index in [0.717, 1.165) is 19.6 Å². The van der Waals surface area contributed by atoms with Gasteiger partial charge in [0.25, 0.3) is 0 Å². The Morgan fingerprint density at radius 1 is 1.57 bits per heavy atom. The summed E-state index contributed by atoms with van der Waals surface area (Å²) >= 11 is 0. The molecule has 0 radical (unpaired) electrons. The Balaban J connectivity index is 2.07. The van der Waals surface area contributed by atoms with Crippen LogP contribution in [0.25, 0.3) is 0 Å². The van der Waals surface area contributed by atoms with Crippen molar-refractivity contribution in [2.75, 3.05) is 19.6 Å². The molecule has 0 aromatic carbocycles. The van der Waals surface area contributed by atoms with Crippen molar-refractivity contribution in [3.05, 3.63) is 12.2 Å². The number of nitrogens with zero attached hydrogens (tertiary/aromatic N) is 1. The average molecular weight is 197 g/mol. The van der Waals surface area contributed by atoms with E-state index in [1.54, 1.807) is 13.0 Å². The van der Waals surface area contributed by atoms with E-state index < -0.39 is 0 Å². The van der Waals surface area contributed by atoms with Gasteiger partial charge in [0, 0.05) is 19.6 Å². The second-order valence-electron chi connectivity index (χ2n) is 4.04. The summed E-state index contributed by atoms with van der Waals surface area (Å²) in [6.07, 6.45) is 4.24. The second-order valence-corrected chi connectivity index (χ2v) is 4.04. The number of rotatable bonds is 5. The first kappa shape index (κ1) is 11.4. The van der Waals surface area contributed by atoms with Crippen LogP contribution in [-0.2, 0) is 9.53 Å². The largest absolute Gasteiger partial charge is 0.373 e. The number of hydrogen-bond acceptors (Lipinski definition) is 3. The molecular formula is C11H19NO2. The lowest BCUT2D eigenvalue weighted by molar-refractivity contribution is -0.112. The normalized spacial score (nSPS) is 19.1. The van der Waals surface area contributed by atoms with Gasteiger partial charge in [0.15, 0.2) is 5.78 Å². The molecule has 0 aliphatic carbocycles. The number of carbonyl (C=O) groups is 1. The van der Waals surface area contributed by atoms with Crippen LogP contribution in [-0.4, -0.2) is 42.5 Å². The Morgan fingerprint density at radius 2 is 2.21 bits per heavy atom. The highest BCUT2D eigenvalue weighted by Gasteiger charge is 2.26. The molecule has 0 atom stereocenters. The van der Waals surface area contributed by atoms with Crippen LogP contribution in [0.3, 0.4) is 0 Å². The van der Waals surface area contributed by atoms with E-state index in [1.807, 2.05) is 6.08 Å². The third-order valence-corrected chi connectivity index (χ3v) is 2.10. The zero-order valence-corrected chi connectivity index (χ0v) is 9.19. The standard InChI is InChI=1S/C11H19NO2/c1-9(2)14-11-7-12(8-11)6-4-5-10(3)13/h4-5,9,11H,6-8H2,1-3H3/b5-4+. The van der Waals surface area contributed by atoms with E-state index in [0.29, 0.717) is 12.2 Å². The molecule has 0 amide bonds. The quantitative estimate of drug-likeness (QED) is 0.621. The molecule has 1 rings (SSSR count). The maximum absolute atomic E-state index is 10.6. The summed E-state index contributed by atoms with van der Waals surface area (Å²) in [5.41, 5.74) is 0. The molecule has 0 N–H and O–H groups in total. The predicted molar refractivity (Wildman–Crippen MR) is 56.3 cm³/mol. The summed E-state index contributed by atoms with van der Waals surface area (Å²) in [6.45, 7) is 8.51. The second kappa shape index (κ2) is 5.27. The lowest BCUT2D eigenvalue weighted by Gasteiger charge is -2.39. The monoisotopic (exact) mass is 197 g/mol. The van der Waals surface area contributed by atoms with Gasteiger partial charge in [-0.25, -0.2) is 0 Å². The van der Waals surface area contributed by atoms with Gasteiger partial charge in [0.2, 0.25) is 0 Å². The van der Waals surface area contributed by atoms with Crippen LogP contribution in [0.2, 0.25) is 0 Å². The molecule has 0 spiro atoms.